The van der Waals surface area contributed by atoms with Crippen molar-refractivity contribution in [2.75, 3.05) is 6.54 Å². The van der Waals surface area contributed by atoms with Crippen molar-refractivity contribution in [3.05, 3.63) is 89.2 Å². The fourth-order valence-electron chi connectivity index (χ4n) is 3.24. The molecule has 1 atom stereocenters. The first-order valence-electron chi connectivity index (χ1n) is 10.0. The summed E-state index contributed by atoms with van der Waals surface area (Å²) >= 11 is 9.68. The van der Waals surface area contributed by atoms with Crippen LogP contribution in [0.4, 0.5) is 17.6 Å². The van der Waals surface area contributed by atoms with Crippen LogP contribution < -0.4 is 27.6 Å². The standard InChI is InChI=1S/C22H20F4N6O2S2/c23-13-3-7-16(17(24)9-13)21(33,11-32(29)20(36)31-28)22(25,26)18-8-6-15(10-30-18)34-14-4-1-12(2-5-14)19(27)35/h1-10,33H,11,28-29H2,(H2,27,35)(H,31,36). The number of nitrogens with zero attached hydrogens (tertiary/aromatic N) is 2. The Morgan fingerprint density at radius 2 is 1.69 bits per heavy atom. The summed E-state index contributed by atoms with van der Waals surface area (Å²) in [6, 6.07) is 10.2. The molecular formula is C22H20F4N6O2S2. The van der Waals surface area contributed by atoms with E-state index in [9.17, 15) is 13.9 Å². The van der Waals surface area contributed by atoms with Gasteiger partial charge in [-0.25, -0.2) is 20.5 Å². The van der Waals surface area contributed by atoms with Crippen LogP contribution >= 0.6 is 24.4 Å². The Bertz CT molecular complexity index is 1260. The number of halogens is 4. The maximum atomic E-state index is 15.8. The zero-order chi connectivity index (χ0) is 26.7. The highest BCUT2D eigenvalue weighted by Crippen LogP contribution is 2.46. The Labute approximate surface area is 213 Å². The summed E-state index contributed by atoms with van der Waals surface area (Å²) in [5, 5.41) is 11.2. The van der Waals surface area contributed by atoms with Crippen LogP contribution in [0.15, 0.2) is 60.8 Å². The van der Waals surface area contributed by atoms with Gasteiger partial charge in [0.05, 0.1) is 12.7 Å². The van der Waals surface area contributed by atoms with Crippen LogP contribution in [0.3, 0.4) is 0 Å². The molecule has 2 aromatic carbocycles. The first-order chi connectivity index (χ1) is 16.9. The topological polar surface area (TPSA) is 136 Å². The minimum atomic E-state index is -4.26. The number of rotatable bonds is 8. The van der Waals surface area contributed by atoms with Crippen molar-refractivity contribution in [3.8, 4) is 11.5 Å². The van der Waals surface area contributed by atoms with Gasteiger partial charge in [-0.15, -0.1) is 0 Å². The maximum absolute atomic E-state index is 15.8. The van der Waals surface area contributed by atoms with Crippen molar-refractivity contribution in [1.29, 1.82) is 0 Å². The number of alkyl halides is 2. The van der Waals surface area contributed by atoms with Gasteiger partial charge in [0.2, 0.25) is 0 Å². The van der Waals surface area contributed by atoms with Gasteiger partial charge in [-0.1, -0.05) is 12.2 Å². The van der Waals surface area contributed by atoms with Crippen molar-refractivity contribution in [1.82, 2.24) is 15.4 Å². The summed E-state index contributed by atoms with van der Waals surface area (Å²) < 4.78 is 65.1. The highest BCUT2D eigenvalue weighted by Gasteiger charge is 2.58. The molecule has 3 aromatic rings. The zero-order valence-electron chi connectivity index (χ0n) is 18.3. The van der Waals surface area contributed by atoms with Gasteiger partial charge >= 0.3 is 5.92 Å². The number of nitrogens with two attached hydrogens (primary N) is 3. The van der Waals surface area contributed by atoms with Gasteiger partial charge in [0.1, 0.15) is 33.8 Å². The second-order valence-electron chi connectivity index (χ2n) is 7.51. The molecule has 0 radical (unpaired) electrons. The van der Waals surface area contributed by atoms with Gasteiger partial charge < -0.3 is 15.6 Å². The Morgan fingerprint density at radius 3 is 2.22 bits per heavy atom. The van der Waals surface area contributed by atoms with Gasteiger partial charge in [-0.3, -0.25) is 15.4 Å². The molecule has 8 nitrogen and oxygen atoms in total. The van der Waals surface area contributed by atoms with Crippen LogP contribution in [0.1, 0.15) is 16.8 Å². The molecule has 0 aliphatic rings. The Morgan fingerprint density at radius 1 is 1.06 bits per heavy atom. The van der Waals surface area contributed by atoms with Crippen LogP contribution in [0.2, 0.25) is 0 Å². The average Bonchev–Trinajstić information content (AvgIpc) is 2.83. The minimum Gasteiger partial charge on any atom is -0.456 e. The summed E-state index contributed by atoms with van der Waals surface area (Å²) in [6.07, 6.45) is 0.985. The van der Waals surface area contributed by atoms with Gasteiger partial charge in [-0.2, -0.15) is 8.78 Å². The maximum Gasteiger partial charge on any atom is 0.323 e. The van der Waals surface area contributed by atoms with Crippen molar-refractivity contribution < 1.29 is 27.4 Å². The molecule has 1 heterocycles. The minimum absolute atomic E-state index is 0.0862. The monoisotopic (exact) mass is 540 g/mol. The lowest BCUT2D eigenvalue weighted by Crippen LogP contribution is -2.58. The number of hydrazine groups is 2. The summed E-state index contributed by atoms with van der Waals surface area (Å²) in [5.74, 6) is 4.52. The van der Waals surface area contributed by atoms with Gasteiger partial charge in [0, 0.05) is 17.2 Å². The summed E-state index contributed by atoms with van der Waals surface area (Å²) in [5.41, 5.74) is 2.87. The van der Waals surface area contributed by atoms with Crippen LogP contribution in [-0.4, -0.2) is 31.7 Å². The first-order valence-corrected chi connectivity index (χ1v) is 10.8. The quantitative estimate of drug-likeness (QED) is 0.126. The molecule has 0 bridgehead atoms. The predicted octanol–water partition coefficient (Wildman–Crippen LogP) is 2.69. The van der Waals surface area contributed by atoms with E-state index in [1.165, 1.54) is 6.07 Å². The number of pyridine rings is 1. The van der Waals surface area contributed by atoms with E-state index in [1.807, 2.05) is 5.43 Å². The van der Waals surface area contributed by atoms with Gasteiger partial charge in [-0.05, 0) is 60.7 Å². The molecular weight excluding hydrogens is 520 g/mol. The first kappa shape index (κ1) is 27.2. The Balaban J connectivity index is 1.96. The lowest BCUT2D eigenvalue weighted by Gasteiger charge is -2.38. The molecule has 8 N–H and O–H groups in total. The molecule has 0 fully saturated rings. The van der Waals surface area contributed by atoms with Crippen LogP contribution in [0.25, 0.3) is 0 Å². The third kappa shape index (κ3) is 5.52. The fourth-order valence-corrected chi connectivity index (χ4v) is 3.44. The van der Waals surface area contributed by atoms with E-state index in [2.05, 4.69) is 4.98 Å². The van der Waals surface area contributed by atoms with E-state index >= 15 is 8.78 Å². The van der Waals surface area contributed by atoms with Crippen molar-refractivity contribution in [2.45, 2.75) is 11.5 Å². The van der Waals surface area contributed by atoms with E-state index in [1.54, 1.807) is 24.3 Å². The Kier molecular flexibility index (Phi) is 8.05. The number of ether oxygens (including phenoxy) is 1. The summed E-state index contributed by atoms with van der Waals surface area (Å²) in [4.78, 5) is 3.89. The second kappa shape index (κ2) is 10.7. The van der Waals surface area contributed by atoms with E-state index < -0.39 is 46.1 Å². The zero-order valence-corrected chi connectivity index (χ0v) is 19.9. The third-order valence-electron chi connectivity index (χ3n) is 5.11. The van der Waals surface area contributed by atoms with Gasteiger partial charge in [0.15, 0.2) is 10.7 Å². The highest BCUT2D eigenvalue weighted by atomic mass is 32.1. The molecule has 190 valence electrons. The second-order valence-corrected chi connectivity index (χ2v) is 8.33. The van der Waals surface area contributed by atoms with E-state index in [0.717, 1.165) is 12.3 Å². The average molecular weight is 541 g/mol. The molecule has 1 aromatic heterocycles. The summed E-state index contributed by atoms with van der Waals surface area (Å²) in [7, 11) is 0. The number of benzene rings is 2. The number of thiocarbonyl (C=S) groups is 2. The SMILES string of the molecule is NNC(=S)N(N)CC(O)(c1ccc(F)cc1F)C(F)(F)c1ccc(Oc2ccc(C(N)=S)cc2)cn1. The van der Waals surface area contributed by atoms with Crippen LogP contribution in [0, 0.1) is 11.6 Å². The number of nitrogens with one attached hydrogen (secondary N) is 1. The van der Waals surface area contributed by atoms with Gasteiger partial charge in [0.25, 0.3) is 0 Å². The molecule has 14 heteroatoms. The molecule has 36 heavy (non-hydrogen) atoms. The molecule has 0 saturated heterocycles. The van der Waals surface area contributed by atoms with Crippen molar-refractivity contribution >= 4 is 34.5 Å². The van der Waals surface area contributed by atoms with Crippen molar-refractivity contribution in [3.63, 3.8) is 0 Å². The van der Waals surface area contributed by atoms with E-state index in [4.69, 9.17) is 46.6 Å². The lowest BCUT2D eigenvalue weighted by molar-refractivity contribution is -0.204. The molecule has 0 aliphatic heterocycles. The largest absolute Gasteiger partial charge is 0.456 e. The van der Waals surface area contributed by atoms with Crippen LogP contribution in [0.5, 0.6) is 11.5 Å². The number of hydrogen-bond acceptors (Lipinski definition) is 7. The lowest BCUT2D eigenvalue weighted by atomic mass is 9.84. The van der Waals surface area contributed by atoms with Crippen LogP contribution in [-0.2, 0) is 11.5 Å². The van der Waals surface area contributed by atoms with E-state index in [-0.39, 0.29) is 10.7 Å². The molecule has 0 spiro atoms. The molecule has 0 amide bonds. The van der Waals surface area contributed by atoms with Crippen molar-refractivity contribution in [2.24, 2.45) is 17.4 Å². The highest BCUT2D eigenvalue weighted by molar-refractivity contribution is 7.80. The number of hydrogen-bond donors (Lipinski definition) is 5. The predicted molar refractivity (Wildman–Crippen MR) is 132 cm³/mol. The Hall–Kier alpha value is -3.43. The smallest absolute Gasteiger partial charge is 0.323 e. The molecule has 0 saturated carbocycles. The normalized spacial score (nSPS) is 13.0. The number of aromatic nitrogens is 1. The third-order valence-corrected chi connectivity index (χ3v) is 5.70. The fraction of sp³-hybridized carbons (Fsp3) is 0.136. The summed E-state index contributed by atoms with van der Waals surface area (Å²) in [6.45, 7) is -1.14. The van der Waals surface area contributed by atoms with E-state index in [0.29, 0.717) is 34.5 Å². The molecule has 1 unspecified atom stereocenters. The number of aliphatic hydroxyl groups is 1. The molecule has 3 rings (SSSR count). The molecule has 0 aliphatic carbocycles.